The molecule has 3 amide bonds. The Morgan fingerprint density at radius 3 is 2.30 bits per heavy atom. The Hall–Kier alpha value is -4.60. The average molecular weight is 600 g/mol. The van der Waals surface area contributed by atoms with E-state index in [1.165, 1.54) is 0 Å². The van der Waals surface area contributed by atoms with Crippen LogP contribution in [0.5, 0.6) is 0 Å². The number of piperidine rings is 1. The Morgan fingerprint density at radius 2 is 1.59 bits per heavy atom. The number of likely N-dealkylation sites (tertiary alicyclic amines) is 1. The Bertz CT molecular complexity index is 1740. The first-order valence-electron chi connectivity index (χ1n) is 15.1. The SMILES string of the molecule is CC(C)(C)OC(=O)NC(C)(C)C(=O)NC(Cc1ccc2ccccc2c1)C(=O)N1CCC(n2c(=O)[nH]c3ccccc32)CC1. The van der Waals surface area contributed by atoms with Gasteiger partial charge in [-0.25, -0.2) is 9.59 Å². The summed E-state index contributed by atoms with van der Waals surface area (Å²) in [6, 6.07) is 20.7. The van der Waals surface area contributed by atoms with Crippen molar-refractivity contribution in [3.63, 3.8) is 0 Å². The minimum absolute atomic E-state index is 0.0480. The number of imidazole rings is 1. The third-order valence-electron chi connectivity index (χ3n) is 8.00. The molecule has 1 aliphatic heterocycles. The van der Waals surface area contributed by atoms with Crippen molar-refractivity contribution in [2.45, 2.75) is 77.1 Å². The van der Waals surface area contributed by atoms with Crippen LogP contribution in [0.1, 0.15) is 59.1 Å². The summed E-state index contributed by atoms with van der Waals surface area (Å²) in [6.07, 6.45) is 0.774. The molecule has 3 N–H and O–H groups in total. The zero-order chi connectivity index (χ0) is 31.6. The number of nitrogens with zero attached hydrogens (tertiary/aromatic N) is 2. The monoisotopic (exact) mass is 599 g/mol. The normalized spacial score (nSPS) is 15.2. The fourth-order valence-electron chi connectivity index (χ4n) is 5.76. The molecular formula is C34H41N5O5. The molecule has 10 heteroatoms. The molecule has 1 aliphatic rings. The number of benzene rings is 3. The van der Waals surface area contributed by atoms with Gasteiger partial charge in [0.25, 0.3) is 0 Å². The van der Waals surface area contributed by atoms with Crippen LogP contribution in [0, 0.1) is 0 Å². The second kappa shape index (κ2) is 12.2. The molecule has 1 unspecified atom stereocenters. The summed E-state index contributed by atoms with van der Waals surface area (Å²) in [6.45, 7) is 9.28. The minimum atomic E-state index is -1.34. The maximum absolute atomic E-state index is 14.0. The van der Waals surface area contributed by atoms with E-state index in [2.05, 4.69) is 15.6 Å². The van der Waals surface area contributed by atoms with Gasteiger partial charge in [-0.1, -0.05) is 54.6 Å². The molecule has 1 atom stereocenters. The molecule has 5 rings (SSSR count). The molecule has 0 radical (unpaired) electrons. The van der Waals surface area contributed by atoms with Gasteiger partial charge >= 0.3 is 11.8 Å². The maximum Gasteiger partial charge on any atom is 0.408 e. The fraction of sp³-hybridized carbons (Fsp3) is 0.412. The van der Waals surface area contributed by atoms with Crippen molar-refractivity contribution in [1.29, 1.82) is 0 Å². The summed E-state index contributed by atoms with van der Waals surface area (Å²) < 4.78 is 7.14. The molecule has 1 aromatic heterocycles. The van der Waals surface area contributed by atoms with E-state index in [0.717, 1.165) is 27.4 Å². The number of rotatable bonds is 7. The third-order valence-corrected chi connectivity index (χ3v) is 8.00. The van der Waals surface area contributed by atoms with Crippen molar-refractivity contribution < 1.29 is 19.1 Å². The zero-order valence-corrected chi connectivity index (χ0v) is 26.0. The zero-order valence-electron chi connectivity index (χ0n) is 26.0. The van der Waals surface area contributed by atoms with Crippen LogP contribution >= 0.6 is 0 Å². The van der Waals surface area contributed by atoms with Gasteiger partial charge in [0, 0.05) is 25.6 Å². The number of amides is 3. The molecule has 0 saturated carbocycles. The van der Waals surface area contributed by atoms with Gasteiger partial charge < -0.3 is 25.3 Å². The molecule has 232 valence electrons. The summed E-state index contributed by atoms with van der Waals surface area (Å²) in [5.74, 6) is -0.702. The molecule has 0 aliphatic carbocycles. The van der Waals surface area contributed by atoms with Crippen LogP contribution in [0.2, 0.25) is 0 Å². The number of aromatic nitrogens is 2. The Labute approximate surface area is 256 Å². The molecule has 1 fully saturated rings. The van der Waals surface area contributed by atoms with E-state index in [9.17, 15) is 19.2 Å². The van der Waals surface area contributed by atoms with Crippen molar-refractivity contribution in [1.82, 2.24) is 25.1 Å². The van der Waals surface area contributed by atoms with Crippen molar-refractivity contribution in [2.24, 2.45) is 0 Å². The largest absolute Gasteiger partial charge is 0.444 e. The van der Waals surface area contributed by atoms with Gasteiger partial charge in [-0.2, -0.15) is 0 Å². The molecule has 3 aromatic carbocycles. The number of nitrogens with one attached hydrogen (secondary N) is 3. The third kappa shape index (κ3) is 6.96. The van der Waals surface area contributed by atoms with E-state index >= 15 is 0 Å². The molecule has 1 saturated heterocycles. The van der Waals surface area contributed by atoms with Crippen LogP contribution in [0.15, 0.2) is 71.5 Å². The summed E-state index contributed by atoms with van der Waals surface area (Å²) in [5.41, 5.74) is 0.320. The first kappa shape index (κ1) is 30.8. The van der Waals surface area contributed by atoms with Crippen molar-refractivity contribution >= 4 is 39.7 Å². The van der Waals surface area contributed by atoms with Crippen LogP contribution < -0.4 is 16.3 Å². The number of hydrogen-bond donors (Lipinski definition) is 3. The van der Waals surface area contributed by atoms with Crippen LogP contribution in [0.4, 0.5) is 4.79 Å². The number of hydrogen-bond acceptors (Lipinski definition) is 5. The van der Waals surface area contributed by atoms with E-state index in [1.54, 1.807) is 44.1 Å². The van der Waals surface area contributed by atoms with E-state index in [1.807, 2.05) is 66.7 Å². The number of para-hydroxylation sites is 2. The van der Waals surface area contributed by atoms with Gasteiger partial charge in [-0.05, 0) is 75.9 Å². The van der Waals surface area contributed by atoms with Gasteiger partial charge in [0.05, 0.1) is 11.0 Å². The van der Waals surface area contributed by atoms with Crippen LogP contribution in [0.3, 0.4) is 0 Å². The van der Waals surface area contributed by atoms with E-state index in [0.29, 0.717) is 25.9 Å². The smallest absolute Gasteiger partial charge is 0.408 e. The van der Waals surface area contributed by atoms with Gasteiger partial charge in [0.15, 0.2) is 0 Å². The quantitative estimate of drug-likeness (QED) is 0.285. The molecular weight excluding hydrogens is 558 g/mol. The van der Waals surface area contributed by atoms with E-state index in [4.69, 9.17) is 4.74 Å². The molecule has 4 aromatic rings. The average Bonchev–Trinajstić information content (AvgIpc) is 3.30. The molecule has 0 spiro atoms. The number of fused-ring (bicyclic) bond motifs is 2. The Balaban J connectivity index is 1.34. The highest BCUT2D eigenvalue weighted by molar-refractivity contribution is 5.94. The standard InChI is InChI=1S/C34H41N5O5/c1-33(2,3)44-32(43)37-34(4,5)30(41)35-27(21-22-14-15-23-10-6-7-11-24(23)20-22)29(40)38-18-16-25(17-19-38)39-28-13-9-8-12-26(28)36-31(39)42/h6-15,20,25,27H,16-19,21H2,1-5H3,(H,35,41)(H,36,42)(H,37,43). The summed E-state index contributed by atoms with van der Waals surface area (Å²) in [5, 5.41) is 7.69. The van der Waals surface area contributed by atoms with Gasteiger partial charge in [0.1, 0.15) is 17.2 Å². The van der Waals surface area contributed by atoms with Crippen LogP contribution in [-0.2, 0) is 20.7 Å². The van der Waals surface area contributed by atoms with Crippen molar-refractivity contribution in [2.75, 3.05) is 13.1 Å². The van der Waals surface area contributed by atoms with Gasteiger partial charge in [0.2, 0.25) is 11.8 Å². The van der Waals surface area contributed by atoms with Crippen molar-refractivity contribution in [3.05, 3.63) is 82.8 Å². The highest BCUT2D eigenvalue weighted by Crippen LogP contribution is 2.26. The fourth-order valence-corrected chi connectivity index (χ4v) is 5.76. The van der Waals surface area contributed by atoms with Gasteiger partial charge in [-0.15, -0.1) is 0 Å². The molecule has 0 bridgehead atoms. The maximum atomic E-state index is 14.0. The lowest BCUT2D eigenvalue weighted by Gasteiger charge is -2.36. The number of carbonyl (C=O) groups is 3. The number of aromatic amines is 1. The highest BCUT2D eigenvalue weighted by atomic mass is 16.6. The lowest BCUT2D eigenvalue weighted by Crippen LogP contribution is -2.60. The summed E-state index contributed by atoms with van der Waals surface area (Å²) in [4.78, 5) is 57.5. The van der Waals surface area contributed by atoms with E-state index in [-0.39, 0.29) is 24.1 Å². The first-order valence-corrected chi connectivity index (χ1v) is 15.1. The lowest BCUT2D eigenvalue weighted by molar-refractivity contribution is -0.138. The number of ether oxygens (including phenoxy) is 1. The lowest BCUT2D eigenvalue weighted by atomic mass is 9.97. The topological polar surface area (TPSA) is 126 Å². The number of carbonyl (C=O) groups excluding carboxylic acids is 3. The van der Waals surface area contributed by atoms with Crippen LogP contribution in [-0.4, -0.2) is 62.6 Å². The second-order valence-corrected chi connectivity index (χ2v) is 13.0. The van der Waals surface area contributed by atoms with Crippen molar-refractivity contribution in [3.8, 4) is 0 Å². The number of H-pyrrole nitrogens is 1. The molecule has 44 heavy (non-hydrogen) atoms. The summed E-state index contributed by atoms with van der Waals surface area (Å²) in [7, 11) is 0. The minimum Gasteiger partial charge on any atom is -0.444 e. The Morgan fingerprint density at radius 1 is 0.932 bits per heavy atom. The highest BCUT2D eigenvalue weighted by Gasteiger charge is 2.36. The van der Waals surface area contributed by atoms with Gasteiger partial charge in [-0.3, -0.25) is 14.2 Å². The predicted molar refractivity (Wildman–Crippen MR) is 170 cm³/mol. The summed E-state index contributed by atoms with van der Waals surface area (Å²) >= 11 is 0. The molecule has 2 heterocycles. The van der Waals surface area contributed by atoms with E-state index < -0.39 is 29.2 Å². The molecule has 10 nitrogen and oxygen atoms in total. The van der Waals surface area contributed by atoms with Crippen LogP contribution in [0.25, 0.3) is 21.8 Å². The second-order valence-electron chi connectivity index (χ2n) is 13.0. The first-order chi connectivity index (χ1) is 20.8. The predicted octanol–water partition coefficient (Wildman–Crippen LogP) is 4.68. The Kier molecular flexibility index (Phi) is 8.54. The number of alkyl carbamates (subject to hydrolysis) is 1.